The number of nitrogens with zero attached hydrogens (tertiary/aromatic N) is 1. The average Bonchev–Trinajstić information content (AvgIpc) is 3.01. The number of amides is 2. The second-order valence-electron chi connectivity index (χ2n) is 13.9. The molecule has 252 valence electrons. The number of hydrogen-bond donors (Lipinski definition) is 4. The second kappa shape index (κ2) is 18.7. The largest absolute Gasteiger partial charge is 0.390 e. The van der Waals surface area contributed by atoms with Crippen molar-refractivity contribution < 1.29 is 24.0 Å². The van der Waals surface area contributed by atoms with E-state index in [1.165, 1.54) is 6.42 Å². The molecule has 1 aliphatic rings. The predicted molar refractivity (Wildman–Crippen MR) is 184 cm³/mol. The highest BCUT2D eigenvalue weighted by Crippen LogP contribution is 2.29. The van der Waals surface area contributed by atoms with Gasteiger partial charge in [0.1, 0.15) is 6.10 Å². The van der Waals surface area contributed by atoms with Crippen molar-refractivity contribution in [3.63, 3.8) is 0 Å². The van der Waals surface area contributed by atoms with Crippen LogP contribution in [0.5, 0.6) is 0 Å². The summed E-state index contributed by atoms with van der Waals surface area (Å²) in [6.45, 7) is 6.57. The monoisotopic (exact) mass is 643 g/mol. The molecule has 2 aromatic carbocycles. The van der Waals surface area contributed by atoms with Gasteiger partial charge in [-0.05, 0) is 61.5 Å². The molecule has 1 aliphatic carbocycles. The van der Waals surface area contributed by atoms with Crippen molar-refractivity contribution in [2.75, 3.05) is 38.7 Å². The van der Waals surface area contributed by atoms with Gasteiger partial charge in [0.25, 0.3) is 0 Å². The summed E-state index contributed by atoms with van der Waals surface area (Å²) in [4.78, 5) is 28.9. The molecule has 2 amide bonds. The normalized spacial score (nSPS) is 18.3. The number of carbonyl (C=O) groups is 2. The van der Waals surface area contributed by atoms with E-state index in [1.807, 2.05) is 63.2 Å². The molecule has 0 heterocycles. The van der Waals surface area contributed by atoms with Crippen LogP contribution >= 0.6 is 0 Å². The molecule has 4 N–H and O–H groups in total. The Kier molecular flexibility index (Phi) is 15.5. The maximum atomic E-state index is 13.5. The van der Waals surface area contributed by atoms with Gasteiger partial charge in [-0.2, -0.15) is 0 Å². The van der Waals surface area contributed by atoms with E-state index in [-0.39, 0.29) is 30.0 Å². The van der Waals surface area contributed by atoms with Gasteiger partial charge in [0.15, 0.2) is 0 Å². The molecule has 0 aliphatic heterocycles. The molecule has 6 atom stereocenters. The van der Waals surface area contributed by atoms with Crippen molar-refractivity contribution in [2.45, 2.75) is 90.4 Å². The quantitative estimate of drug-likeness (QED) is 0.193. The van der Waals surface area contributed by atoms with Crippen LogP contribution in [0.1, 0.15) is 71.3 Å². The van der Waals surface area contributed by atoms with Crippen molar-refractivity contribution in [1.82, 2.24) is 15.5 Å². The molecule has 45 heavy (non-hydrogen) atoms. The molecule has 0 spiro atoms. The van der Waals surface area contributed by atoms with Crippen molar-refractivity contribution in [1.29, 1.82) is 0 Å². The topological polar surface area (TPSA) is 119 Å². The number of benzene rings is 2. The minimum atomic E-state index is -1.17. The molecule has 1 fully saturated rings. The minimum absolute atomic E-state index is 0.129. The van der Waals surface area contributed by atoms with Crippen LogP contribution in [0, 0.1) is 23.7 Å². The van der Waals surface area contributed by atoms with E-state index >= 15 is 0 Å². The van der Waals surface area contributed by atoms with Crippen LogP contribution in [0.3, 0.4) is 0 Å². The molecule has 2 aromatic rings. The molecule has 0 bridgehead atoms. The van der Waals surface area contributed by atoms with Gasteiger partial charge in [0.2, 0.25) is 11.8 Å². The van der Waals surface area contributed by atoms with Gasteiger partial charge in [-0.25, -0.2) is 0 Å². The predicted octanol–water partition coefficient (Wildman–Crippen LogP) is 4.28. The first-order valence-corrected chi connectivity index (χ1v) is 18.3. The zero-order valence-electron chi connectivity index (χ0n) is 28.0. The highest BCUT2D eigenvalue weighted by atomic mass is 32.2. The van der Waals surface area contributed by atoms with Crippen molar-refractivity contribution >= 4 is 33.4 Å². The summed E-state index contributed by atoms with van der Waals surface area (Å²) in [7, 11) is 2.70. The van der Waals surface area contributed by atoms with Gasteiger partial charge in [-0.3, -0.25) is 13.8 Å². The van der Waals surface area contributed by atoms with Gasteiger partial charge in [0.05, 0.1) is 24.0 Å². The van der Waals surface area contributed by atoms with Crippen LogP contribution in [0.15, 0.2) is 42.5 Å². The number of aliphatic hydroxyl groups is 2. The van der Waals surface area contributed by atoms with Gasteiger partial charge in [0, 0.05) is 35.4 Å². The van der Waals surface area contributed by atoms with Crippen molar-refractivity contribution in [2.24, 2.45) is 23.7 Å². The van der Waals surface area contributed by atoms with E-state index in [1.54, 1.807) is 6.92 Å². The zero-order chi connectivity index (χ0) is 32.9. The first-order chi connectivity index (χ1) is 21.4. The fraction of sp³-hybridized carbons (Fsp3) is 0.667. The summed E-state index contributed by atoms with van der Waals surface area (Å²) in [5, 5.41) is 30.0. The van der Waals surface area contributed by atoms with E-state index in [0.29, 0.717) is 37.5 Å². The van der Waals surface area contributed by atoms with Gasteiger partial charge in [-0.1, -0.05) is 95.3 Å². The fourth-order valence-electron chi connectivity index (χ4n) is 6.24. The maximum Gasteiger partial charge on any atom is 0.224 e. The van der Waals surface area contributed by atoms with Crippen LogP contribution in [-0.4, -0.2) is 88.1 Å². The summed E-state index contributed by atoms with van der Waals surface area (Å²) in [5.41, 5.74) is 1.00. The van der Waals surface area contributed by atoms with Crippen LogP contribution < -0.4 is 10.6 Å². The Bertz CT molecular complexity index is 1230. The molecule has 8 nitrogen and oxygen atoms in total. The molecule has 0 aromatic heterocycles. The number of aliphatic hydroxyl groups excluding tert-OH is 2. The average molecular weight is 644 g/mol. The number of carbonyl (C=O) groups excluding carboxylic acids is 2. The Labute approximate surface area is 273 Å². The Morgan fingerprint density at radius 3 is 2.33 bits per heavy atom. The zero-order valence-corrected chi connectivity index (χ0v) is 28.9. The number of hydrogen-bond acceptors (Lipinski definition) is 6. The Morgan fingerprint density at radius 2 is 1.67 bits per heavy atom. The lowest BCUT2D eigenvalue weighted by molar-refractivity contribution is -0.128. The first kappa shape index (κ1) is 37.1. The van der Waals surface area contributed by atoms with E-state index in [0.717, 1.165) is 42.0 Å². The van der Waals surface area contributed by atoms with Crippen LogP contribution in [0.4, 0.5) is 0 Å². The highest BCUT2D eigenvalue weighted by molar-refractivity contribution is 7.85. The lowest BCUT2D eigenvalue weighted by Crippen LogP contribution is -2.52. The molecule has 3 rings (SSSR count). The summed E-state index contributed by atoms with van der Waals surface area (Å²) < 4.78 is 13.0. The summed E-state index contributed by atoms with van der Waals surface area (Å²) in [6.07, 6.45) is 5.23. The molecule has 1 saturated carbocycles. The summed E-state index contributed by atoms with van der Waals surface area (Å²) in [6, 6.07) is 13.7. The van der Waals surface area contributed by atoms with Crippen LogP contribution in [0.25, 0.3) is 10.8 Å². The minimum Gasteiger partial charge on any atom is -0.390 e. The highest BCUT2D eigenvalue weighted by Gasteiger charge is 2.32. The Balaban J connectivity index is 1.65. The van der Waals surface area contributed by atoms with Crippen molar-refractivity contribution in [3.05, 3.63) is 48.0 Å². The van der Waals surface area contributed by atoms with E-state index in [2.05, 4.69) is 22.8 Å². The molecule has 0 saturated heterocycles. The lowest BCUT2D eigenvalue weighted by Gasteiger charge is -2.33. The fourth-order valence-corrected chi connectivity index (χ4v) is 7.70. The SMILES string of the molecule is CC(C)CC(O)C(O)C(CC1CCCCC1)NC(=O)C(C)CNC(=O)C(Cc1ccc2ccccc2c1)CS(=O)CCN(C)C. The molecule has 6 unspecified atom stereocenters. The molecule has 0 radical (unpaired) electrons. The third-order valence-electron chi connectivity index (χ3n) is 9.01. The lowest BCUT2D eigenvalue weighted by atomic mass is 9.82. The molecule has 9 heteroatoms. The Morgan fingerprint density at radius 1 is 0.978 bits per heavy atom. The third-order valence-corrected chi connectivity index (χ3v) is 10.4. The standard InChI is InChI=1S/C36H57N3O5S/c1-25(2)19-33(40)34(41)32(22-27-11-7-6-8-12-27)38-35(42)26(3)23-37-36(43)31(24-45(44)18-17-39(4)5)21-28-15-16-29-13-9-10-14-30(29)20-28/h9-10,13-16,20,25-27,31-34,40-41H,6-8,11-12,17-19,21-24H2,1-5H3,(H,37,43)(H,38,42). The third kappa shape index (κ3) is 12.8. The van der Waals surface area contributed by atoms with Gasteiger partial charge in [-0.15, -0.1) is 0 Å². The van der Waals surface area contributed by atoms with Crippen LogP contribution in [0.2, 0.25) is 0 Å². The molecular formula is C36H57N3O5S. The maximum absolute atomic E-state index is 13.5. The first-order valence-electron chi connectivity index (χ1n) is 16.8. The van der Waals surface area contributed by atoms with E-state index in [9.17, 15) is 24.0 Å². The number of rotatable bonds is 18. The van der Waals surface area contributed by atoms with Gasteiger partial charge >= 0.3 is 0 Å². The molecular weight excluding hydrogens is 586 g/mol. The summed E-state index contributed by atoms with van der Waals surface area (Å²) in [5.74, 6) is -0.162. The smallest absolute Gasteiger partial charge is 0.224 e. The van der Waals surface area contributed by atoms with E-state index in [4.69, 9.17) is 0 Å². The number of fused-ring (bicyclic) bond motifs is 1. The van der Waals surface area contributed by atoms with Crippen molar-refractivity contribution in [3.8, 4) is 0 Å². The second-order valence-corrected chi connectivity index (χ2v) is 15.5. The van der Waals surface area contributed by atoms with Crippen LogP contribution in [-0.2, 0) is 26.8 Å². The summed E-state index contributed by atoms with van der Waals surface area (Å²) >= 11 is 0. The Hall–Kier alpha value is -2.33. The number of nitrogens with one attached hydrogen (secondary N) is 2. The van der Waals surface area contributed by atoms with E-state index < -0.39 is 40.9 Å². The van der Waals surface area contributed by atoms with Gasteiger partial charge < -0.3 is 25.7 Å².